The number of imidazole rings is 1. The van der Waals surface area contributed by atoms with E-state index in [4.69, 9.17) is 15.2 Å². The van der Waals surface area contributed by atoms with E-state index in [0.29, 0.717) is 22.7 Å². The number of amides is 1. The number of nitrogens with two attached hydrogens (primary N) is 1. The fraction of sp³-hybridized carbons (Fsp3) is 0.188. The molecule has 3 N–H and O–H groups in total. The molecule has 3 aromatic rings. The number of hydrogen-bond acceptors (Lipinski definition) is 5. The Bertz CT molecular complexity index is 974. The lowest BCUT2D eigenvalue weighted by molar-refractivity contribution is -0.118. The van der Waals surface area contributed by atoms with Gasteiger partial charge < -0.3 is 15.2 Å². The first-order valence-electron chi connectivity index (χ1n) is 7.12. The van der Waals surface area contributed by atoms with E-state index in [2.05, 4.69) is 9.97 Å². The van der Waals surface area contributed by atoms with Crippen molar-refractivity contribution in [2.24, 2.45) is 5.73 Å². The van der Waals surface area contributed by atoms with E-state index < -0.39 is 11.6 Å². The molecule has 0 spiro atoms. The molecule has 0 aliphatic rings. The highest BCUT2D eigenvalue weighted by molar-refractivity contribution is 5.82. The molecule has 0 aliphatic heterocycles. The van der Waals surface area contributed by atoms with Crippen LogP contribution in [0.3, 0.4) is 0 Å². The van der Waals surface area contributed by atoms with Gasteiger partial charge in [-0.2, -0.15) is 0 Å². The monoisotopic (exact) mass is 328 g/mol. The summed E-state index contributed by atoms with van der Waals surface area (Å²) in [5, 5.41) is 0. The second-order valence-corrected chi connectivity index (χ2v) is 5.14. The van der Waals surface area contributed by atoms with E-state index >= 15 is 0 Å². The number of primary amides is 1. The lowest BCUT2D eigenvalue weighted by Gasteiger charge is -2.10. The largest absolute Gasteiger partial charge is 0.497 e. The number of carbonyl (C=O) groups is 1. The van der Waals surface area contributed by atoms with Crippen molar-refractivity contribution in [2.75, 3.05) is 14.2 Å². The smallest absolute Gasteiger partial charge is 0.328 e. The summed E-state index contributed by atoms with van der Waals surface area (Å²) in [6, 6.07) is 7.15. The van der Waals surface area contributed by atoms with Gasteiger partial charge in [-0.25, -0.2) is 9.78 Å². The van der Waals surface area contributed by atoms with Crippen LogP contribution in [0.15, 0.2) is 35.3 Å². The van der Waals surface area contributed by atoms with Gasteiger partial charge in [-0.1, -0.05) is 0 Å². The predicted octanol–water partition coefficient (Wildman–Crippen LogP) is 0.894. The third kappa shape index (κ3) is 2.69. The summed E-state index contributed by atoms with van der Waals surface area (Å²) in [5.41, 5.74) is 7.17. The number of rotatable bonds is 5. The van der Waals surface area contributed by atoms with Gasteiger partial charge in [0.2, 0.25) is 5.91 Å². The minimum atomic E-state index is -0.606. The van der Waals surface area contributed by atoms with Crippen molar-refractivity contribution in [3.63, 3.8) is 0 Å². The van der Waals surface area contributed by atoms with Crippen LogP contribution in [-0.2, 0) is 11.3 Å². The molecule has 0 saturated carbocycles. The number of hydrogen-bond donors (Lipinski definition) is 2. The summed E-state index contributed by atoms with van der Waals surface area (Å²) in [6.07, 6.45) is 1.62. The van der Waals surface area contributed by atoms with E-state index in [-0.39, 0.29) is 6.54 Å². The predicted molar refractivity (Wildman–Crippen MR) is 88.1 cm³/mol. The number of aromatic nitrogens is 3. The Balaban J connectivity index is 2.17. The molecule has 8 nitrogen and oxygen atoms in total. The Morgan fingerprint density at radius 1 is 1.29 bits per heavy atom. The maximum Gasteiger partial charge on any atom is 0.328 e. The van der Waals surface area contributed by atoms with Crippen LogP contribution in [0.2, 0.25) is 0 Å². The zero-order valence-electron chi connectivity index (χ0n) is 13.2. The minimum Gasteiger partial charge on any atom is -0.497 e. The van der Waals surface area contributed by atoms with Crippen molar-refractivity contribution in [1.29, 1.82) is 0 Å². The van der Waals surface area contributed by atoms with Gasteiger partial charge in [0.1, 0.15) is 18.0 Å². The first-order valence-corrected chi connectivity index (χ1v) is 7.12. The second-order valence-electron chi connectivity index (χ2n) is 5.14. The SMILES string of the molecule is COc1ccc(-c2cnc3[nH]c(=O)n(CC(N)=O)c3c2)c(OC)c1. The van der Waals surface area contributed by atoms with Crippen molar-refractivity contribution in [2.45, 2.75) is 6.54 Å². The van der Waals surface area contributed by atoms with Crippen molar-refractivity contribution >= 4 is 17.1 Å². The molecule has 2 aromatic heterocycles. The van der Waals surface area contributed by atoms with E-state index in [1.54, 1.807) is 38.6 Å². The van der Waals surface area contributed by atoms with Gasteiger partial charge in [-0.05, 0) is 18.2 Å². The summed E-state index contributed by atoms with van der Waals surface area (Å²) in [6.45, 7) is -0.219. The van der Waals surface area contributed by atoms with Gasteiger partial charge in [0.15, 0.2) is 5.65 Å². The summed E-state index contributed by atoms with van der Waals surface area (Å²) < 4.78 is 11.8. The number of pyridine rings is 1. The van der Waals surface area contributed by atoms with Gasteiger partial charge in [0.05, 0.1) is 19.7 Å². The number of carbonyl (C=O) groups excluding carboxylic acids is 1. The molecule has 124 valence electrons. The molecule has 2 heterocycles. The molecule has 0 fully saturated rings. The Morgan fingerprint density at radius 3 is 2.75 bits per heavy atom. The number of nitrogens with zero attached hydrogens (tertiary/aromatic N) is 2. The van der Waals surface area contributed by atoms with Crippen molar-refractivity contribution in [3.8, 4) is 22.6 Å². The fourth-order valence-corrected chi connectivity index (χ4v) is 2.53. The maximum atomic E-state index is 11.9. The molecule has 0 unspecified atom stereocenters. The van der Waals surface area contributed by atoms with Crippen LogP contribution in [0, 0.1) is 0 Å². The molecule has 0 aliphatic carbocycles. The van der Waals surface area contributed by atoms with Crippen LogP contribution < -0.4 is 20.9 Å². The van der Waals surface area contributed by atoms with Gasteiger partial charge in [0.25, 0.3) is 0 Å². The summed E-state index contributed by atoms with van der Waals surface area (Å²) >= 11 is 0. The van der Waals surface area contributed by atoms with Crippen LogP contribution in [0.4, 0.5) is 0 Å². The average Bonchev–Trinajstić information content (AvgIpc) is 2.88. The van der Waals surface area contributed by atoms with Gasteiger partial charge in [-0.15, -0.1) is 0 Å². The topological polar surface area (TPSA) is 112 Å². The maximum absolute atomic E-state index is 11.9. The molecule has 24 heavy (non-hydrogen) atoms. The Kier molecular flexibility index (Phi) is 3.95. The highest BCUT2D eigenvalue weighted by Crippen LogP contribution is 2.33. The molecule has 0 bridgehead atoms. The van der Waals surface area contributed by atoms with Crippen LogP contribution in [-0.4, -0.2) is 34.7 Å². The normalized spacial score (nSPS) is 10.8. The second kappa shape index (κ2) is 6.07. The van der Waals surface area contributed by atoms with E-state index in [0.717, 1.165) is 11.1 Å². The Hall–Kier alpha value is -3.29. The minimum absolute atomic E-state index is 0.219. The van der Waals surface area contributed by atoms with E-state index in [1.165, 1.54) is 4.57 Å². The molecule has 1 aromatic carbocycles. The molecular weight excluding hydrogens is 312 g/mol. The van der Waals surface area contributed by atoms with E-state index in [9.17, 15) is 9.59 Å². The molecule has 8 heteroatoms. The Labute approximate surface area is 136 Å². The zero-order valence-corrected chi connectivity index (χ0v) is 13.2. The summed E-state index contributed by atoms with van der Waals surface area (Å²) in [5.74, 6) is 0.664. The quantitative estimate of drug-likeness (QED) is 0.722. The number of benzene rings is 1. The molecule has 0 radical (unpaired) electrons. The Morgan fingerprint density at radius 2 is 2.08 bits per heavy atom. The number of nitrogens with one attached hydrogen (secondary N) is 1. The number of H-pyrrole nitrogens is 1. The third-order valence-electron chi connectivity index (χ3n) is 3.66. The molecule has 1 amide bonds. The number of ether oxygens (including phenoxy) is 2. The lowest BCUT2D eigenvalue weighted by Crippen LogP contribution is -2.26. The van der Waals surface area contributed by atoms with E-state index in [1.807, 2.05) is 6.07 Å². The number of fused-ring (bicyclic) bond motifs is 1. The standard InChI is InChI=1S/C16H16N4O4/c1-23-10-3-4-11(13(6-10)24-2)9-5-12-15(18-7-9)19-16(22)20(12)8-14(17)21/h3-7H,8H2,1-2H3,(H2,17,21)(H,18,19,22). The van der Waals surface area contributed by atoms with Crippen LogP contribution in [0.25, 0.3) is 22.3 Å². The van der Waals surface area contributed by atoms with Crippen LogP contribution >= 0.6 is 0 Å². The first kappa shape index (κ1) is 15.6. The zero-order chi connectivity index (χ0) is 17.3. The lowest BCUT2D eigenvalue weighted by atomic mass is 10.1. The molecule has 0 saturated heterocycles. The average molecular weight is 328 g/mol. The third-order valence-corrected chi connectivity index (χ3v) is 3.66. The van der Waals surface area contributed by atoms with Gasteiger partial charge in [0, 0.05) is 23.4 Å². The van der Waals surface area contributed by atoms with Crippen molar-refractivity contribution in [3.05, 3.63) is 40.9 Å². The van der Waals surface area contributed by atoms with Crippen molar-refractivity contribution < 1.29 is 14.3 Å². The summed E-state index contributed by atoms with van der Waals surface area (Å²) in [7, 11) is 3.13. The number of methoxy groups -OCH3 is 2. The molecule has 3 rings (SSSR count). The van der Waals surface area contributed by atoms with Crippen molar-refractivity contribution in [1.82, 2.24) is 14.5 Å². The fourth-order valence-electron chi connectivity index (χ4n) is 2.53. The highest BCUT2D eigenvalue weighted by Gasteiger charge is 2.13. The summed E-state index contributed by atoms with van der Waals surface area (Å²) in [4.78, 5) is 30.0. The number of aromatic amines is 1. The van der Waals surface area contributed by atoms with Crippen LogP contribution in [0.5, 0.6) is 11.5 Å². The molecular formula is C16H16N4O4. The first-order chi connectivity index (χ1) is 11.5. The van der Waals surface area contributed by atoms with Gasteiger partial charge >= 0.3 is 5.69 Å². The van der Waals surface area contributed by atoms with Gasteiger partial charge in [-0.3, -0.25) is 14.3 Å². The highest BCUT2D eigenvalue weighted by atomic mass is 16.5. The van der Waals surface area contributed by atoms with Crippen LogP contribution in [0.1, 0.15) is 0 Å². The molecule has 0 atom stereocenters.